The van der Waals surface area contributed by atoms with Gasteiger partial charge < -0.3 is 14.4 Å². The van der Waals surface area contributed by atoms with E-state index < -0.39 is 17.9 Å². The number of methoxy groups -OCH3 is 1. The van der Waals surface area contributed by atoms with E-state index in [2.05, 4.69) is 6.07 Å². The largest absolute Gasteiger partial charge is 0.494 e. The molecule has 6 heteroatoms. The zero-order valence-electron chi connectivity index (χ0n) is 15.9. The van der Waals surface area contributed by atoms with Gasteiger partial charge in [-0.25, -0.2) is 9.18 Å². The van der Waals surface area contributed by atoms with Gasteiger partial charge in [-0.2, -0.15) is 0 Å². The van der Waals surface area contributed by atoms with Gasteiger partial charge in [0.1, 0.15) is 0 Å². The van der Waals surface area contributed by atoms with Crippen LogP contribution in [0.3, 0.4) is 0 Å². The van der Waals surface area contributed by atoms with Gasteiger partial charge in [0, 0.05) is 19.2 Å². The monoisotopic (exact) mass is 383 g/mol. The van der Waals surface area contributed by atoms with Crippen LogP contribution in [-0.4, -0.2) is 36.5 Å². The lowest BCUT2D eigenvalue weighted by molar-refractivity contribution is -0.155. The quantitative estimate of drug-likeness (QED) is 0.587. The molecule has 1 aliphatic rings. The summed E-state index contributed by atoms with van der Waals surface area (Å²) in [5.74, 6) is -1.28. The highest BCUT2D eigenvalue weighted by atomic mass is 19.1. The number of fused-ring (bicyclic) bond motifs is 1. The molecule has 5 nitrogen and oxygen atoms in total. The Morgan fingerprint density at radius 1 is 1.18 bits per heavy atom. The Labute approximate surface area is 163 Å². The molecular weight excluding hydrogens is 361 g/mol. The van der Waals surface area contributed by atoms with Crippen LogP contribution in [-0.2, 0) is 27.3 Å². The van der Waals surface area contributed by atoms with Crippen molar-refractivity contribution in [3.63, 3.8) is 0 Å². The van der Waals surface area contributed by atoms with Crippen molar-refractivity contribution >= 4 is 18.0 Å². The van der Waals surface area contributed by atoms with Crippen molar-refractivity contribution in [3.05, 3.63) is 71.0 Å². The van der Waals surface area contributed by atoms with Crippen molar-refractivity contribution in [2.75, 3.05) is 13.7 Å². The number of carbonyl (C=O) groups is 2. The standard InChI is InChI=1S/C22H22FNO4/c1-15(22(26)24-12-11-17-5-3-4-6-18(17)14-24)28-21(25)10-8-16-7-9-20(27-2)19(23)13-16/h3-10,13,15H,11-12,14H2,1-2H3/b10-8+/t15-/m1/s1. The predicted molar refractivity (Wildman–Crippen MR) is 103 cm³/mol. The molecule has 0 aliphatic carbocycles. The van der Waals surface area contributed by atoms with Crippen molar-refractivity contribution in [1.29, 1.82) is 0 Å². The van der Waals surface area contributed by atoms with Gasteiger partial charge in [-0.1, -0.05) is 30.3 Å². The molecule has 0 saturated heterocycles. The smallest absolute Gasteiger partial charge is 0.331 e. The highest BCUT2D eigenvalue weighted by molar-refractivity contribution is 5.90. The van der Waals surface area contributed by atoms with E-state index in [0.717, 1.165) is 12.0 Å². The SMILES string of the molecule is COc1ccc(/C=C/C(=O)O[C@H](C)C(=O)N2CCc3ccccc3C2)cc1F. The van der Waals surface area contributed by atoms with Crippen molar-refractivity contribution < 1.29 is 23.5 Å². The van der Waals surface area contributed by atoms with Crippen LogP contribution in [0.2, 0.25) is 0 Å². The first-order chi connectivity index (χ1) is 13.5. The van der Waals surface area contributed by atoms with Gasteiger partial charge in [-0.05, 0) is 48.2 Å². The highest BCUT2D eigenvalue weighted by Crippen LogP contribution is 2.20. The molecule has 1 aliphatic heterocycles. The van der Waals surface area contributed by atoms with Crippen LogP contribution in [0.4, 0.5) is 4.39 Å². The zero-order chi connectivity index (χ0) is 20.1. The number of benzene rings is 2. The first-order valence-electron chi connectivity index (χ1n) is 9.05. The minimum Gasteiger partial charge on any atom is -0.494 e. The summed E-state index contributed by atoms with van der Waals surface area (Å²) in [7, 11) is 1.38. The molecule has 0 unspecified atom stereocenters. The van der Waals surface area contributed by atoms with Gasteiger partial charge in [0.2, 0.25) is 0 Å². The minimum absolute atomic E-state index is 0.127. The first-order valence-corrected chi connectivity index (χ1v) is 9.05. The van der Waals surface area contributed by atoms with E-state index >= 15 is 0 Å². The molecule has 28 heavy (non-hydrogen) atoms. The predicted octanol–water partition coefficient (Wildman–Crippen LogP) is 3.36. The van der Waals surface area contributed by atoms with Crippen molar-refractivity contribution in [3.8, 4) is 5.75 Å². The molecule has 1 heterocycles. The summed E-state index contributed by atoms with van der Waals surface area (Å²) in [6, 6.07) is 12.3. The lowest BCUT2D eigenvalue weighted by atomic mass is 9.99. The van der Waals surface area contributed by atoms with Gasteiger partial charge in [0.05, 0.1) is 7.11 Å². The fraction of sp³-hybridized carbons (Fsp3) is 0.273. The molecule has 146 valence electrons. The highest BCUT2D eigenvalue weighted by Gasteiger charge is 2.26. The molecule has 0 spiro atoms. The average molecular weight is 383 g/mol. The molecule has 3 rings (SSSR count). The van der Waals surface area contributed by atoms with Crippen LogP contribution in [0.15, 0.2) is 48.5 Å². The molecule has 2 aromatic carbocycles. The summed E-state index contributed by atoms with van der Waals surface area (Å²) in [5, 5.41) is 0. The second-order valence-electron chi connectivity index (χ2n) is 6.58. The molecule has 1 atom stereocenters. The normalized spacial score (nSPS) is 14.5. The van der Waals surface area contributed by atoms with Crippen molar-refractivity contribution in [2.45, 2.75) is 26.0 Å². The van der Waals surface area contributed by atoms with Crippen LogP contribution in [0.1, 0.15) is 23.6 Å². The minimum atomic E-state index is -0.894. The fourth-order valence-corrected chi connectivity index (χ4v) is 3.16. The van der Waals surface area contributed by atoms with Crippen molar-refractivity contribution in [2.24, 2.45) is 0 Å². The van der Waals surface area contributed by atoms with E-state index in [1.807, 2.05) is 18.2 Å². The van der Waals surface area contributed by atoms with Crippen LogP contribution in [0.5, 0.6) is 5.75 Å². The first kappa shape index (κ1) is 19.6. The third-order valence-corrected chi connectivity index (χ3v) is 4.67. The number of carbonyl (C=O) groups excluding carboxylic acids is 2. The number of hydrogen-bond donors (Lipinski definition) is 0. The second-order valence-corrected chi connectivity index (χ2v) is 6.58. The third kappa shape index (κ3) is 4.57. The maximum Gasteiger partial charge on any atom is 0.331 e. The molecule has 0 saturated carbocycles. The lowest BCUT2D eigenvalue weighted by Crippen LogP contribution is -2.42. The average Bonchev–Trinajstić information content (AvgIpc) is 2.71. The van der Waals surface area contributed by atoms with Crippen LogP contribution in [0.25, 0.3) is 6.08 Å². The van der Waals surface area contributed by atoms with E-state index in [0.29, 0.717) is 18.7 Å². The second kappa shape index (κ2) is 8.69. The summed E-state index contributed by atoms with van der Waals surface area (Å²) in [6.45, 7) is 2.66. The van der Waals surface area contributed by atoms with E-state index in [9.17, 15) is 14.0 Å². The molecule has 0 radical (unpaired) electrons. The summed E-state index contributed by atoms with van der Waals surface area (Å²) < 4.78 is 23.7. The summed E-state index contributed by atoms with van der Waals surface area (Å²) in [5.41, 5.74) is 2.84. The number of halogens is 1. The Morgan fingerprint density at radius 3 is 2.64 bits per heavy atom. The molecule has 1 amide bonds. The Bertz CT molecular complexity index is 909. The Balaban J connectivity index is 1.56. The molecule has 0 bridgehead atoms. The van der Waals surface area contributed by atoms with Gasteiger partial charge in [-0.15, -0.1) is 0 Å². The van der Waals surface area contributed by atoms with E-state index in [1.54, 1.807) is 17.9 Å². The van der Waals surface area contributed by atoms with Gasteiger partial charge in [-0.3, -0.25) is 4.79 Å². The van der Waals surface area contributed by atoms with E-state index in [1.165, 1.54) is 37.0 Å². The number of nitrogens with zero attached hydrogens (tertiary/aromatic N) is 1. The number of rotatable bonds is 5. The Morgan fingerprint density at radius 2 is 1.93 bits per heavy atom. The number of hydrogen-bond acceptors (Lipinski definition) is 4. The van der Waals surface area contributed by atoms with Crippen LogP contribution >= 0.6 is 0 Å². The number of ether oxygens (including phenoxy) is 2. The third-order valence-electron chi connectivity index (χ3n) is 4.67. The molecular formula is C22H22FNO4. The van der Waals surface area contributed by atoms with Gasteiger partial charge in [0.15, 0.2) is 17.7 Å². The summed E-state index contributed by atoms with van der Waals surface area (Å²) in [4.78, 5) is 26.3. The molecule has 0 fully saturated rings. The van der Waals surface area contributed by atoms with Crippen LogP contribution in [0, 0.1) is 5.82 Å². The summed E-state index contributed by atoms with van der Waals surface area (Å²) in [6.07, 6.45) is 2.50. The lowest BCUT2D eigenvalue weighted by Gasteiger charge is -2.30. The molecule has 0 aromatic heterocycles. The van der Waals surface area contributed by atoms with Gasteiger partial charge in [0.25, 0.3) is 5.91 Å². The topological polar surface area (TPSA) is 55.8 Å². The van der Waals surface area contributed by atoms with Crippen LogP contribution < -0.4 is 4.74 Å². The maximum absolute atomic E-state index is 13.7. The number of amides is 1. The molecule has 0 N–H and O–H groups in total. The Kier molecular flexibility index (Phi) is 6.09. The Hall–Kier alpha value is -3.15. The van der Waals surface area contributed by atoms with Gasteiger partial charge >= 0.3 is 5.97 Å². The van der Waals surface area contributed by atoms with Crippen molar-refractivity contribution in [1.82, 2.24) is 4.90 Å². The zero-order valence-corrected chi connectivity index (χ0v) is 15.9. The fourth-order valence-electron chi connectivity index (χ4n) is 3.16. The maximum atomic E-state index is 13.7. The summed E-state index contributed by atoms with van der Waals surface area (Å²) >= 11 is 0. The number of esters is 1. The van der Waals surface area contributed by atoms with E-state index in [-0.39, 0.29) is 11.7 Å². The molecule has 2 aromatic rings. The van der Waals surface area contributed by atoms with E-state index in [4.69, 9.17) is 9.47 Å².